The van der Waals surface area contributed by atoms with Gasteiger partial charge in [0.05, 0.1) is 29.2 Å². The molecule has 3 rings (SSSR count). The van der Waals surface area contributed by atoms with Crippen LogP contribution in [0.2, 0.25) is 0 Å². The summed E-state index contributed by atoms with van der Waals surface area (Å²) in [5.74, 6) is -2.72. The van der Waals surface area contributed by atoms with Crippen molar-refractivity contribution < 1.29 is 18.0 Å². The molecule has 4 nitrogen and oxygen atoms in total. The third-order valence-electron chi connectivity index (χ3n) is 3.50. The molecule has 2 aromatic heterocycles. The first-order chi connectivity index (χ1) is 11.5. The Morgan fingerprint density at radius 1 is 1.33 bits per heavy atom. The van der Waals surface area contributed by atoms with Crippen LogP contribution in [-0.4, -0.2) is 10.8 Å². The van der Waals surface area contributed by atoms with Crippen LogP contribution < -0.4 is 0 Å². The highest BCUT2D eigenvalue weighted by Crippen LogP contribution is 2.31. The minimum Gasteiger partial charge on any atom is -0.469 e. The first-order valence-electron chi connectivity index (χ1n) is 6.90. The molecule has 0 bridgehead atoms. The van der Waals surface area contributed by atoms with Crippen LogP contribution >= 0.6 is 11.3 Å². The highest BCUT2D eigenvalue weighted by atomic mass is 32.1. The molecular weight excluding hydrogens is 334 g/mol. The molecule has 0 saturated carbocycles. The van der Waals surface area contributed by atoms with Crippen LogP contribution in [0.25, 0.3) is 11.3 Å². The van der Waals surface area contributed by atoms with Crippen LogP contribution in [0.4, 0.5) is 8.78 Å². The SMILES string of the molecule is Cc1occc1C(=O)C(C#N)c1nc(-c2c(F)cccc2F)cs1. The molecule has 1 aromatic carbocycles. The smallest absolute Gasteiger partial charge is 0.190 e. The number of hydrogen-bond acceptors (Lipinski definition) is 5. The number of benzene rings is 1. The van der Waals surface area contributed by atoms with E-state index in [0.29, 0.717) is 5.76 Å². The van der Waals surface area contributed by atoms with E-state index >= 15 is 0 Å². The van der Waals surface area contributed by atoms with Gasteiger partial charge < -0.3 is 4.42 Å². The highest BCUT2D eigenvalue weighted by molar-refractivity contribution is 7.10. The van der Waals surface area contributed by atoms with Gasteiger partial charge in [0, 0.05) is 5.38 Å². The fraction of sp³-hybridized carbons (Fsp3) is 0.118. The van der Waals surface area contributed by atoms with Crippen molar-refractivity contribution in [3.63, 3.8) is 0 Å². The number of carbonyl (C=O) groups is 1. The summed E-state index contributed by atoms with van der Waals surface area (Å²) >= 11 is 1.01. The molecule has 0 N–H and O–H groups in total. The summed E-state index contributed by atoms with van der Waals surface area (Å²) in [6.07, 6.45) is 1.36. The number of aryl methyl sites for hydroxylation is 1. The van der Waals surface area contributed by atoms with Crippen LogP contribution in [-0.2, 0) is 0 Å². The lowest BCUT2D eigenvalue weighted by molar-refractivity contribution is 0.0977. The predicted molar refractivity (Wildman–Crippen MR) is 83.6 cm³/mol. The highest BCUT2D eigenvalue weighted by Gasteiger charge is 2.28. The zero-order valence-corrected chi connectivity index (χ0v) is 13.2. The van der Waals surface area contributed by atoms with Crippen molar-refractivity contribution in [1.82, 2.24) is 4.98 Å². The maximum absolute atomic E-state index is 13.8. The van der Waals surface area contributed by atoms with Gasteiger partial charge in [0.1, 0.15) is 22.4 Å². The van der Waals surface area contributed by atoms with E-state index in [0.717, 1.165) is 23.5 Å². The maximum atomic E-state index is 13.8. The van der Waals surface area contributed by atoms with Crippen molar-refractivity contribution in [3.05, 3.63) is 63.9 Å². The average Bonchev–Trinajstić information content (AvgIpc) is 3.17. The van der Waals surface area contributed by atoms with Gasteiger partial charge in [0.2, 0.25) is 0 Å². The Morgan fingerprint density at radius 2 is 2.04 bits per heavy atom. The van der Waals surface area contributed by atoms with E-state index in [-0.39, 0.29) is 21.8 Å². The number of halogens is 2. The molecule has 0 aliphatic carbocycles. The van der Waals surface area contributed by atoms with Gasteiger partial charge in [-0.1, -0.05) is 6.07 Å². The van der Waals surface area contributed by atoms with Gasteiger partial charge in [-0.2, -0.15) is 5.26 Å². The van der Waals surface area contributed by atoms with Crippen LogP contribution in [0.1, 0.15) is 27.0 Å². The first kappa shape index (κ1) is 16.0. The van der Waals surface area contributed by atoms with Gasteiger partial charge in [0.15, 0.2) is 11.7 Å². The largest absolute Gasteiger partial charge is 0.469 e. The summed E-state index contributed by atoms with van der Waals surface area (Å²) in [4.78, 5) is 16.6. The second-order valence-corrected chi connectivity index (χ2v) is 5.87. The lowest BCUT2D eigenvalue weighted by atomic mass is 10.00. The molecule has 0 radical (unpaired) electrons. The molecule has 0 aliphatic rings. The van der Waals surface area contributed by atoms with Crippen molar-refractivity contribution in [2.75, 3.05) is 0 Å². The molecule has 1 atom stereocenters. The predicted octanol–water partition coefficient (Wildman–Crippen LogP) is 4.48. The monoisotopic (exact) mass is 344 g/mol. The van der Waals surface area contributed by atoms with Gasteiger partial charge in [-0.05, 0) is 25.1 Å². The number of nitriles is 1. The molecule has 7 heteroatoms. The normalized spacial score (nSPS) is 11.9. The van der Waals surface area contributed by atoms with Crippen molar-refractivity contribution in [2.45, 2.75) is 12.8 Å². The zero-order valence-electron chi connectivity index (χ0n) is 12.4. The average molecular weight is 344 g/mol. The quantitative estimate of drug-likeness (QED) is 0.655. The van der Waals surface area contributed by atoms with Gasteiger partial charge >= 0.3 is 0 Å². The molecule has 3 aromatic rings. The lowest BCUT2D eigenvalue weighted by Crippen LogP contribution is -2.11. The fourth-order valence-electron chi connectivity index (χ4n) is 2.30. The Kier molecular flexibility index (Phi) is 4.23. The number of furan rings is 1. The van der Waals surface area contributed by atoms with Crippen LogP contribution in [0.15, 0.2) is 40.3 Å². The number of ketones is 1. The van der Waals surface area contributed by atoms with E-state index in [1.54, 1.807) is 6.92 Å². The summed E-state index contributed by atoms with van der Waals surface area (Å²) in [5.41, 5.74) is 0.0709. The standard InChI is InChI=1S/C17H10F2N2O2S/c1-9-10(5-6-23-9)16(22)11(7-20)17-21-14(8-24-17)15-12(18)3-2-4-13(15)19/h2-6,8,11H,1H3. The molecular formula is C17H10F2N2O2S. The molecule has 0 spiro atoms. The van der Waals surface area contributed by atoms with E-state index < -0.39 is 23.3 Å². The molecule has 2 heterocycles. The van der Waals surface area contributed by atoms with Crippen molar-refractivity contribution in [1.29, 1.82) is 5.26 Å². The van der Waals surface area contributed by atoms with E-state index in [1.807, 2.05) is 6.07 Å². The third kappa shape index (κ3) is 2.72. The van der Waals surface area contributed by atoms with Gasteiger partial charge in [-0.25, -0.2) is 13.8 Å². The molecule has 24 heavy (non-hydrogen) atoms. The Hall–Kier alpha value is -2.85. The summed E-state index contributed by atoms with van der Waals surface area (Å²) in [5, 5.41) is 11.0. The molecule has 0 amide bonds. The topological polar surface area (TPSA) is 66.9 Å². The van der Waals surface area contributed by atoms with E-state index in [1.165, 1.54) is 23.8 Å². The number of Topliss-reactive ketones (excluding diaryl/α,β-unsaturated/α-hetero) is 1. The van der Waals surface area contributed by atoms with E-state index in [9.17, 15) is 18.8 Å². The molecule has 1 unspecified atom stereocenters. The second-order valence-electron chi connectivity index (χ2n) is 4.98. The second kappa shape index (κ2) is 6.34. The van der Waals surface area contributed by atoms with Crippen LogP contribution in [0, 0.1) is 29.9 Å². The summed E-state index contributed by atoms with van der Waals surface area (Å²) in [6.45, 7) is 1.61. The Balaban J connectivity index is 1.99. The number of aromatic nitrogens is 1. The van der Waals surface area contributed by atoms with Crippen LogP contribution in [0.3, 0.4) is 0 Å². The first-order valence-corrected chi connectivity index (χ1v) is 7.78. The number of carbonyl (C=O) groups excluding carboxylic acids is 1. The van der Waals surface area contributed by atoms with Gasteiger partial charge in [-0.3, -0.25) is 4.79 Å². The molecule has 0 fully saturated rings. The van der Waals surface area contributed by atoms with E-state index in [4.69, 9.17) is 4.42 Å². The van der Waals surface area contributed by atoms with E-state index in [2.05, 4.69) is 4.98 Å². The van der Waals surface area contributed by atoms with Crippen LogP contribution in [0.5, 0.6) is 0 Å². The van der Waals surface area contributed by atoms with Crippen molar-refractivity contribution >= 4 is 17.1 Å². The minimum atomic E-state index is -1.16. The number of thiazole rings is 1. The van der Waals surface area contributed by atoms with Crippen molar-refractivity contribution in [2.24, 2.45) is 0 Å². The molecule has 0 aliphatic heterocycles. The minimum absolute atomic E-state index is 0.0579. The summed E-state index contributed by atoms with van der Waals surface area (Å²) in [6, 6.07) is 6.88. The Morgan fingerprint density at radius 3 is 2.62 bits per heavy atom. The zero-order chi connectivity index (χ0) is 17.3. The number of nitrogens with zero attached hydrogens (tertiary/aromatic N) is 2. The Bertz CT molecular complexity index is 935. The fourth-order valence-corrected chi connectivity index (χ4v) is 3.15. The number of hydrogen-bond donors (Lipinski definition) is 0. The van der Waals surface area contributed by atoms with Crippen molar-refractivity contribution in [3.8, 4) is 17.3 Å². The third-order valence-corrected chi connectivity index (χ3v) is 4.41. The molecule has 0 saturated heterocycles. The molecule has 120 valence electrons. The summed E-state index contributed by atoms with van der Waals surface area (Å²) in [7, 11) is 0. The Labute approximate surface area is 140 Å². The van der Waals surface area contributed by atoms with Gasteiger partial charge in [-0.15, -0.1) is 11.3 Å². The van der Waals surface area contributed by atoms with Gasteiger partial charge in [0.25, 0.3) is 0 Å². The lowest BCUT2D eigenvalue weighted by Gasteiger charge is -2.04. The summed E-state index contributed by atoms with van der Waals surface area (Å²) < 4.78 is 32.8. The maximum Gasteiger partial charge on any atom is 0.190 e. The number of rotatable bonds is 4.